The maximum atomic E-state index is 14.3. The van der Waals surface area contributed by atoms with Crippen molar-refractivity contribution in [2.45, 2.75) is 134 Å². The quantitative estimate of drug-likeness (QED) is 0.436. The topological polar surface area (TPSA) is 108 Å². The third-order valence-electron chi connectivity index (χ3n) is 11.8. The van der Waals surface area contributed by atoms with E-state index in [-0.39, 0.29) is 41.3 Å². The van der Waals surface area contributed by atoms with E-state index in [0.717, 1.165) is 44.9 Å². The molecule has 5 aliphatic carbocycles. The number of aliphatic hydroxyl groups is 1. The first-order chi connectivity index (χ1) is 17.8. The van der Waals surface area contributed by atoms with E-state index in [9.17, 15) is 14.7 Å². The zero-order chi connectivity index (χ0) is 25.9. The Bertz CT molecular complexity index is 867. The first kappa shape index (κ1) is 26.1. The van der Waals surface area contributed by atoms with E-state index in [1.165, 1.54) is 38.5 Å². The summed E-state index contributed by atoms with van der Waals surface area (Å²) in [4.78, 5) is 30.2. The number of piperidine rings is 1. The summed E-state index contributed by atoms with van der Waals surface area (Å²) in [6.07, 6.45) is 14.3. The van der Waals surface area contributed by atoms with Crippen LogP contribution in [0.2, 0.25) is 0 Å². The number of rotatable bonds is 6. The van der Waals surface area contributed by atoms with Crippen LogP contribution in [0.4, 0.5) is 0 Å². The number of likely N-dealkylation sites (tertiary alicyclic amines) is 1. The molecule has 208 valence electrons. The smallest absolute Gasteiger partial charge is 0.243 e. The van der Waals surface area contributed by atoms with Crippen molar-refractivity contribution in [1.29, 1.82) is 0 Å². The standard InChI is InChI=1S/C30H50N4O3/c1-30(2)21-16-34(29(37)25(17-9-5-3-6-10-17)32-19-11-7-4-8-12-19)26(23(21)30)28(36)33-22-15-18-13-14-20(18)24(31)27(22)35/h17-27,32,35H,3-16,31H2,1-2H3,(H,33,36)/t18?,20?,21?,22?,23-,24?,25+,26?,27?/m1/s1. The molecule has 9 atom stereocenters. The van der Waals surface area contributed by atoms with Gasteiger partial charge in [0.15, 0.2) is 0 Å². The van der Waals surface area contributed by atoms with Gasteiger partial charge in [-0.25, -0.2) is 0 Å². The minimum absolute atomic E-state index is 0.0690. The average Bonchev–Trinajstić information content (AvgIpc) is 3.21. The number of nitrogens with one attached hydrogen (secondary N) is 2. The van der Waals surface area contributed by atoms with Gasteiger partial charge >= 0.3 is 0 Å². The summed E-state index contributed by atoms with van der Waals surface area (Å²) < 4.78 is 0. The number of fused-ring (bicyclic) bond motifs is 2. The number of nitrogens with two attached hydrogens (primary N) is 1. The highest BCUT2D eigenvalue weighted by Gasteiger charge is 2.69. The molecule has 5 saturated carbocycles. The number of amides is 2. The van der Waals surface area contributed by atoms with Crippen molar-refractivity contribution < 1.29 is 14.7 Å². The van der Waals surface area contributed by atoms with Gasteiger partial charge in [0, 0.05) is 18.6 Å². The minimum Gasteiger partial charge on any atom is -0.389 e. The first-order valence-electron chi connectivity index (χ1n) is 15.6. The van der Waals surface area contributed by atoms with Crippen LogP contribution in [0.1, 0.15) is 97.3 Å². The summed E-state index contributed by atoms with van der Waals surface area (Å²) >= 11 is 0. The van der Waals surface area contributed by atoms with Gasteiger partial charge in [-0.1, -0.05) is 52.4 Å². The van der Waals surface area contributed by atoms with Crippen LogP contribution in [-0.2, 0) is 9.59 Å². The van der Waals surface area contributed by atoms with Gasteiger partial charge in [-0.15, -0.1) is 0 Å². The van der Waals surface area contributed by atoms with E-state index in [1.54, 1.807) is 0 Å². The molecule has 0 radical (unpaired) electrons. The van der Waals surface area contributed by atoms with Gasteiger partial charge in [-0.05, 0) is 80.0 Å². The molecule has 0 spiro atoms. The van der Waals surface area contributed by atoms with E-state index in [2.05, 4.69) is 24.5 Å². The third-order valence-corrected chi connectivity index (χ3v) is 11.8. The molecule has 0 aromatic rings. The van der Waals surface area contributed by atoms with Crippen molar-refractivity contribution in [3.63, 3.8) is 0 Å². The van der Waals surface area contributed by atoms with E-state index < -0.39 is 12.1 Å². The Kier molecular flexibility index (Phi) is 7.11. The van der Waals surface area contributed by atoms with Crippen LogP contribution >= 0.6 is 0 Å². The van der Waals surface area contributed by atoms with Crippen molar-refractivity contribution in [2.24, 2.45) is 40.7 Å². The number of nitrogens with zero attached hydrogens (tertiary/aromatic N) is 1. The Morgan fingerprint density at radius 3 is 2.30 bits per heavy atom. The maximum absolute atomic E-state index is 14.3. The van der Waals surface area contributed by atoms with Crippen molar-refractivity contribution in [1.82, 2.24) is 15.5 Å². The van der Waals surface area contributed by atoms with Crippen LogP contribution in [0.3, 0.4) is 0 Å². The second-order valence-corrected chi connectivity index (χ2v) is 14.2. The van der Waals surface area contributed by atoms with E-state index in [0.29, 0.717) is 36.3 Å². The Morgan fingerprint density at radius 2 is 1.65 bits per heavy atom. The second-order valence-electron chi connectivity index (χ2n) is 14.2. The maximum Gasteiger partial charge on any atom is 0.243 e. The lowest BCUT2D eigenvalue weighted by molar-refractivity contribution is -0.144. The molecule has 37 heavy (non-hydrogen) atoms. The van der Waals surface area contributed by atoms with Gasteiger partial charge in [0.2, 0.25) is 11.8 Å². The van der Waals surface area contributed by atoms with Gasteiger partial charge < -0.3 is 26.4 Å². The third kappa shape index (κ3) is 4.65. The molecule has 2 amide bonds. The Hall–Kier alpha value is -1.18. The van der Waals surface area contributed by atoms with Gasteiger partial charge in [0.25, 0.3) is 0 Å². The van der Waals surface area contributed by atoms with Crippen LogP contribution in [-0.4, -0.2) is 64.7 Å². The number of carbonyl (C=O) groups excluding carboxylic acids is 2. The van der Waals surface area contributed by atoms with Crippen LogP contribution in [0.15, 0.2) is 0 Å². The molecule has 7 unspecified atom stereocenters. The minimum atomic E-state index is -0.706. The van der Waals surface area contributed by atoms with Gasteiger partial charge in [-0.2, -0.15) is 0 Å². The second kappa shape index (κ2) is 10.1. The fourth-order valence-electron chi connectivity index (χ4n) is 9.19. The largest absolute Gasteiger partial charge is 0.389 e. The van der Waals surface area contributed by atoms with E-state index in [1.807, 2.05) is 4.90 Å². The monoisotopic (exact) mass is 514 g/mol. The Labute approximate surface area is 223 Å². The summed E-state index contributed by atoms with van der Waals surface area (Å²) in [5.74, 6) is 1.92. The zero-order valence-corrected chi connectivity index (χ0v) is 23.0. The summed E-state index contributed by atoms with van der Waals surface area (Å²) in [5, 5.41) is 18.0. The molecule has 0 aromatic carbocycles. The predicted molar refractivity (Wildman–Crippen MR) is 143 cm³/mol. The molecule has 7 nitrogen and oxygen atoms in total. The van der Waals surface area contributed by atoms with Gasteiger partial charge in [0.1, 0.15) is 6.04 Å². The summed E-state index contributed by atoms with van der Waals surface area (Å²) in [5.41, 5.74) is 6.45. The predicted octanol–water partition coefficient (Wildman–Crippen LogP) is 2.94. The lowest BCUT2D eigenvalue weighted by Crippen LogP contribution is -2.64. The molecule has 1 heterocycles. The fraction of sp³-hybridized carbons (Fsp3) is 0.933. The van der Waals surface area contributed by atoms with Crippen molar-refractivity contribution >= 4 is 11.8 Å². The van der Waals surface area contributed by atoms with E-state index >= 15 is 0 Å². The zero-order valence-electron chi connectivity index (χ0n) is 23.0. The normalized spacial score (nSPS) is 42.3. The van der Waals surface area contributed by atoms with Gasteiger partial charge in [0.05, 0.1) is 18.2 Å². The van der Waals surface area contributed by atoms with Crippen molar-refractivity contribution in [3.05, 3.63) is 0 Å². The molecule has 6 rings (SSSR count). The van der Waals surface area contributed by atoms with Crippen molar-refractivity contribution in [2.75, 3.05) is 6.54 Å². The SMILES string of the molecule is CC1(C)C2CN(C(=O)[C@@H](NC3CCCCC3)C3CCCCC3)C(C(=O)NC3CC4CCC4C(N)C3O)[C@@H]21. The van der Waals surface area contributed by atoms with Crippen LogP contribution in [0.25, 0.3) is 0 Å². The lowest BCUT2D eigenvalue weighted by Gasteiger charge is -2.50. The molecule has 1 aliphatic heterocycles. The van der Waals surface area contributed by atoms with Gasteiger partial charge in [-0.3, -0.25) is 9.59 Å². The highest BCUT2D eigenvalue weighted by Crippen LogP contribution is 2.65. The van der Waals surface area contributed by atoms with Crippen LogP contribution in [0, 0.1) is 35.0 Å². The molecule has 6 fully saturated rings. The first-order valence-corrected chi connectivity index (χ1v) is 15.6. The number of carbonyl (C=O) groups is 2. The summed E-state index contributed by atoms with van der Waals surface area (Å²) in [6, 6.07) is -0.770. The molecule has 0 bridgehead atoms. The fourth-order valence-corrected chi connectivity index (χ4v) is 9.19. The van der Waals surface area contributed by atoms with E-state index in [4.69, 9.17) is 5.73 Å². The Morgan fingerprint density at radius 1 is 0.973 bits per heavy atom. The molecule has 7 heteroatoms. The summed E-state index contributed by atoms with van der Waals surface area (Å²) in [7, 11) is 0. The number of aliphatic hydroxyl groups excluding tert-OH is 1. The molecular formula is C30H50N4O3. The van der Waals surface area contributed by atoms with Crippen molar-refractivity contribution in [3.8, 4) is 0 Å². The molecule has 0 aromatic heterocycles. The lowest BCUT2D eigenvalue weighted by atomic mass is 9.61. The van der Waals surface area contributed by atoms with Crippen LogP contribution in [0.5, 0.6) is 0 Å². The summed E-state index contributed by atoms with van der Waals surface area (Å²) in [6.45, 7) is 5.17. The number of hydrogen-bond donors (Lipinski definition) is 4. The molecule has 1 saturated heterocycles. The average molecular weight is 515 g/mol. The molecule has 6 aliphatic rings. The highest BCUT2D eigenvalue weighted by atomic mass is 16.3. The highest BCUT2D eigenvalue weighted by molar-refractivity contribution is 5.92. The van der Waals surface area contributed by atoms with Crippen LogP contribution < -0.4 is 16.4 Å². The Balaban J connectivity index is 1.20. The molecule has 5 N–H and O–H groups in total. The number of hydrogen-bond acceptors (Lipinski definition) is 5. The molecular weight excluding hydrogens is 464 g/mol.